The highest BCUT2D eigenvalue weighted by molar-refractivity contribution is 6.42. The number of aryl methyl sites for hydroxylation is 1. The van der Waals surface area contributed by atoms with Gasteiger partial charge in [-0.05, 0) is 36.8 Å². The van der Waals surface area contributed by atoms with Gasteiger partial charge in [0.05, 0.1) is 21.6 Å². The van der Waals surface area contributed by atoms with Crippen LogP contribution in [-0.4, -0.2) is 10.5 Å². The highest BCUT2D eigenvalue weighted by atomic mass is 35.5. The number of rotatable bonds is 5. The van der Waals surface area contributed by atoms with Crippen LogP contribution in [-0.2, 0) is 11.3 Å². The predicted octanol–water partition coefficient (Wildman–Crippen LogP) is 4.17. The first-order valence-corrected chi connectivity index (χ1v) is 8.54. The number of halogens is 2. The molecule has 1 N–H and O–H groups in total. The number of nitrogens with one attached hydrogen (secondary N) is 1. The van der Waals surface area contributed by atoms with Crippen molar-refractivity contribution >= 4 is 40.2 Å². The molecule has 0 saturated carbocycles. The van der Waals surface area contributed by atoms with E-state index < -0.39 is 5.76 Å². The fourth-order valence-electron chi connectivity index (χ4n) is 2.62. The van der Waals surface area contributed by atoms with Crippen LogP contribution in [0.25, 0.3) is 11.1 Å². The summed E-state index contributed by atoms with van der Waals surface area (Å²) < 4.78 is 6.61. The van der Waals surface area contributed by atoms with E-state index in [-0.39, 0.29) is 24.9 Å². The van der Waals surface area contributed by atoms with Crippen molar-refractivity contribution in [1.82, 2.24) is 9.88 Å². The maximum Gasteiger partial charge on any atom is 0.419 e. The molecule has 0 radical (unpaired) electrons. The van der Waals surface area contributed by atoms with Crippen LogP contribution in [0.2, 0.25) is 10.0 Å². The third kappa shape index (κ3) is 3.89. The third-order valence-corrected chi connectivity index (χ3v) is 4.70. The van der Waals surface area contributed by atoms with Gasteiger partial charge in [0.1, 0.15) is 0 Å². The van der Waals surface area contributed by atoms with E-state index in [4.69, 9.17) is 27.6 Å². The fraction of sp³-hybridized carbons (Fsp3) is 0.222. The molecule has 2 aromatic carbocycles. The zero-order chi connectivity index (χ0) is 18.0. The molecular formula is C18H16Cl2N2O3. The van der Waals surface area contributed by atoms with Crippen molar-refractivity contribution in [2.45, 2.75) is 25.9 Å². The van der Waals surface area contributed by atoms with Crippen molar-refractivity contribution in [3.63, 3.8) is 0 Å². The van der Waals surface area contributed by atoms with E-state index in [0.717, 1.165) is 5.56 Å². The number of carbonyl (C=O) groups excluding carboxylic acids is 1. The summed E-state index contributed by atoms with van der Waals surface area (Å²) in [7, 11) is 0. The molecule has 1 aromatic heterocycles. The van der Waals surface area contributed by atoms with Crippen molar-refractivity contribution < 1.29 is 9.21 Å². The van der Waals surface area contributed by atoms with Gasteiger partial charge in [-0.3, -0.25) is 9.36 Å². The van der Waals surface area contributed by atoms with Gasteiger partial charge >= 0.3 is 5.76 Å². The number of fused-ring (bicyclic) bond motifs is 1. The highest BCUT2D eigenvalue weighted by Crippen LogP contribution is 2.25. The minimum absolute atomic E-state index is 0.162. The Labute approximate surface area is 154 Å². The highest BCUT2D eigenvalue weighted by Gasteiger charge is 2.13. The molecular weight excluding hydrogens is 363 g/mol. The SMILES string of the molecule is CC(NC(=O)CCn1c(=O)oc2ccccc21)c1ccc(Cl)c(Cl)c1. The summed E-state index contributed by atoms with van der Waals surface area (Å²) in [5.41, 5.74) is 2.04. The second-order valence-corrected chi connectivity index (χ2v) is 6.51. The molecule has 0 fully saturated rings. The second-order valence-electron chi connectivity index (χ2n) is 5.70. The predicted molar refractivity (Wildman–Crippen MR) is 98.1 cm³/mol. The third-order valence-electron chi connectivity index (χ3n) is 3.96. The monoisotopic (exact) mass is 378 g/mol. The summed E-state index contributed by atoms with van der Waals surface area (Å²) in [6.07, 6.45) is 0.162. The maximum atomic E-state index is 12.2. The van der Waals surface area contributed by atoms with Gasteiger partial charge in [0, 0.05) is 13.0 Å². The first kappa shape index (κ1) is 17.6. The van der Waals surface area contributed by atoms with Gasteiger partial charge in [-0.2, -0.15) is 0 Å². The Hall–Kier alpha value is -2.24. The topological polar surface area (TPSA) is 64.2 Å². The van der Waals surface area contributed by atoms with Crippen LogP contribution in [0, 0.1) is 0 Å². The van der Waals surface area contributed by atoms with Gasteiger partial charge in [-0.25, -0.2) is 4.79 Å². The Morgan fingerprint density at radius 1 is 1.20 bits per heavy atom. The average molecular weight is 379 g/mol. The number of nitrogens with zero attached hydrogens (tertiary/aromatic N) is 1. The van der Waals surface area contributed by atoms with E-state index in [9.17, 15) is 9.59 Å². The summed E-state index contributed by atoms with van der Waals surface area (Å²) in [4.78, 5) is 24.1. The molecule has 1 amide bonds. The molecule has 7 heteroatoms. The van der Waals surface area contributed by atoms with Crippen molar-refractivity contribution in [3.05, 3.63) is 68.6 Å². The summed E-state index contributed by atoms with van der Waals surface area (Å²) >= 11 is 11.9. The minimum atomic E-state index is -0.466. The van der Waals surface area contributed by atoms with Crippen LogP contribution >= 0.6 is 23.2 Å². The van der Waals surface area contributed by atoms with E-state index in [1.165, 1.54) is 4.57 Å². The second kappa shape index (κ2) is 7.33. The number of para-hydroxylation sites is 2. The van der Waals surface area contributed by atoms with Gasteiger partial charge in [0.25, 0.3) is 0 Å². The summed E-state index contributed by atoms with van der Waals surface area (Å²) in [6, 6.07) is 12.1. The molecule has 25 heavy (non-hydrogen) atoms. The normalized spacial score (nSPS) is 12.3. The van der Waals surface area contributed by atoms with Gasteiger partial charge in [0.2, 0.25) is 5.91 Å². The standard InChI is InChI=1S/C18H16Cl2N2O3/c1-11(12-6-7-13(19)14(20)10-12)21-17(23)8-9-22-15-4-2-3-5-16(15)25-18(22)24/h2-7,10-11H,8-9H2,1H3,(H,21,23). The minimum Gasteiger partial charge on any atom is -0.408 e. The molecule has 0 saturated heterocycles. The van der Waals surface area contributed by atoms with E-state index in [0.29, 0.717) is 21.1 Å². The Balaban J connectivity index is 1.65. The molecule has 0 spiro atoms. The molecule has 0 aliphatic heterocycles. The number of oxazole rings is 1. The molecule has 1 unspecified atom stereocenters. The first-order valence-electron chi connectivity index (χ1n) is 7.78. The van der Waals surface area contributed by atoms with Crippen LogP contribution in [0.4, 0.5) is 0 Å². The molecule has 5 nitrogen and oxygen atoms in total. The molecule has 0 aliphatic rings. The molecule has 0 bridgehead atoms. The molecule has 3 aromatic rings. The van der Waals surface area contributed by atoms with Gasteiger partial charge in [0.15, 0.2) is 5.58 Å². The van der Waals surface area contributed by atoms with Crippen LogP contribution in [0.3, 0.4) is 0 Å². The van der Waals surface area contributed by atoms with Crippen molar-refractivity contribution in [3.8, 4) is 0 Å². The number of aromatic nitrogens is 1. The van der Waals surface area contributed by atoms with Gasteiger partial charge in [-0.1, -0.05) is 41.4 Å². The van der Waals surface area contributed by atoms with E-state index in [1.807, 2.05) is 19.1 Å². The Morgan fingerprint density at radius 3 is 2.72 bits per heavy atom. The van der Waals surface area contributed by atoms with E-state index in [1.54, 1.807) is 30.3 Å². The Morgan fingerprint density at radius 2 is 1.96 bits per heavy atom. The first-order chi connectivity index (χ1) is 12.0. The van der Waals surface area contributed by atoms with Crippen LogP contribution in [0.15, 0.2) is 51.7 Å². The summed E-state index contributed by atoms with van der Waals surface area (Å²) in [5.74, 6) is -0.637. The van der Waals surface area contributed by atoms with Gasteiger partial charge < -0.3 is 9.73 Å². The zero-order valence-corrected chi connectivity index (χ0v) is 15.0. The molecule has 1 heterocycles. The van der Waals surface area contributed by atoms with Crippen LogP contribution in [0.5, 0.6) is 0 Å². The van der Waals surface area contributed by atoms with Gasteiger partial charge in [-0.15, -0.1) is 0 Å². The zero-order valence-electron chi connectivity index (χ0n) is 13.5. The number of hydrogen-bond acceptors (Lipinski definition) is 3. The lowest BCUT2D eigenvalue weighted by atomic mass is 10.1. The molecule has 130 valence electrons. The molecule has 3 rings (SSSR count). The Bertz CT molecular complexity index is 978. The average Bonchev–Trinajstić information content (AvgIpc) is 2.90. The Kier molecular flexibility index (Phi) is 5.16. The largest absolute Gasteiger partial charge is 0.419 e. The quantitative estimate of drug-likeness (QED) is 0.724. The maximum absolute atomic E-state index is 12.2. The molecule has 0 aliphatic carbocycles. The number of benzene rings is 2. The lowest BCUT2D eigenvalue weighted by Crippen LogP contribution is -2.28. The van der Waals surface area contributed by atoms with Crippen molar-refractivity contribution in [2.75, 3.05) is 0 Å². The fourth-order valence-corrected chi connectivity index (χ4v) is 2.92. The van der Waals surface area contributed by atoms with Crippen LogP contribution in [0.1, 0.15) is 24.9 Å². The summed E-state index contributed by atoms with van der Waals surface area (Å²) in [5, 5.41) is 3.80. The number of hydrogen-bond donors (Lipinski definition) is 1. The number of amides is 1. The summed E-state index contributed by atoms with van der Waals surface area (Å²) in [6.45, 7) is 2.10. The van der Waals surface area contributed by atoms with Crippen molar-refractivity contribution in [1.29, 1.82) is 0 Å². The van der Waals surface area contributed by atoms with E-state index >= 15 is 0 Å². The smallest absolute Gasteiger partial charge is 0.408 e. The van der Waals surface area contributed by atoms with Crippen LogP contribution < -0.4 is 11.1 Å². The lowest BCUT2D eigenvalue weighted by molar-refractivity contribution is -0.121. The van der Waals surface area contributed by atoms with Crippen molar-refractivity contribution in [2.24, 2.45) is 0 Å². The molecule has 1 atom stereocenters. The lowest BCUT2D eigenvalue weighted by Gasteiger charge is -2.15. The van der Waals surface area contributed by atoms with E-state index in [2.05, 4.69) is 5.32 Å². The number of carbonyl (C=O) groups is 1.